The number of carbonyl (C=O) groups excluding carboxylic acids is 1. The first-order valence-corrected chi connectivity index (χ1v) is 7.05. The van der Waals surface area contributed by atoms with Crippen molar-refractivity contribution >= 4 is 29.7 Å². The van der Waals surface area contributed by atoms with Crippen molar-refractivity contribution < 1.29 is 27.9 Å². The van der Waals surface area contributed by atoms with Gasteiger partial charge < -0.3 is 5.11 Å². The fourth-order valence-electron chi connectivity index (χ4n) is 2.31. The van der Waals surface area contributed by atoms with Crippen LogP contribution in [0.4, 0.5) is 13.2 Å². The number of rotatable bonds is 2. The monoisotopic (exact) mass is 327 g/mol. The van der Waals surface area contributed by atoms with Crippen LogP contribution in [0.2, 0.25) is 0 Å². The normalized spacial score (nSPS) is 22.4. The summed E-state index contributed by atoms with van der Waals surface area (Å²) in [6.07, 6.45) is -3.34. The van der Waals surface area contributed by atoms with Crippen molar-refractivity contribution in [2.24, 2.45) is 0 Å². The predicted octanol–water partition coefficient (Wildman–Crippen LogP) is 2.93. The lowest BCUT2D eigenvalue weighted by Gasteiger charge is -2.37. The third-order valence-electron chi connectivity index (χ3n) is 3.33. The number of amides is 1. The number of carbonyl (C=O) groups is 2. The molecule has 0 radical (unpaired) electrons. The number of fused-ring (bicyclic) bond motifs is 1. The molecule has 0 spiro atoms. The summed E-state index contributed by atoms with van der Waals surface area (Å²) in [7, 11) is 0. The molecular weight excluding hydrogens is 319 g/mol. The summed E-state index contributed by atoms with van der Waals surface area (Å²) in [5, 5.41) is 9.69. The van der Waals surface area contributed by atoms with Crippen LogP contribution in [0, 0.1) is 0 Å². The van der Waals surface area contributed by atoms with Crippen molar-refractivity contribution in [1.82, 2.24) is 4.90 Å². The molecule has 1 N–H and O–H groups in total. The number of aliphatic carboxylic acids is 1. The van der Waals surface area contributed by atoms with E-state index in [4.69, 9.17) is 5.11 Å². The number of hydrogen-bond acceptors (Lipinski definition) is 3. The Morgan fingerprint density at radius 1 is 1.32 bits per heavy atom. The van der Waals surface area contributed by atoms with E-state index in [2.05, 4.69) is 0 Å². The largest absolute Gasteiger partial charge is 0.477 e. The molecule has 1 amide bonds. The number of carboxylic acid groups (broad SMARTS) is 1. The zero-order valence-electron chi connectivity index (χ0n) is 10.8. The Morgan fingerprint density at radius 3 is 2.64 bits per heavy atom. The molecule has 1 aromatic rings. The molecule has 1 aromatic carbocycles. The fraction of sp³-hybridized carbons (Fsp3) is 0.143. The van der Waals surface area contributed by atoms with Gasteiger partial charge in [0.15, 0.2) is 0 Å². The molecule has 3 rings (SSSR count). The predicted molar refractivity (Wildman–Crippen MR) is 73.4 cm³/mol. The molecule has 0 saturated carbocycles. The number of carboxylic acids is 1. The van der Waals surface area contributed by atoms with Gasteiger partial charge in [0, 0.05) is 5.41 Å². The van der Waals surface area contributed by atoms with E-state index in [9.17, 15) is 22.8 Å². The summed E-state index contributed by atoms with van der Waals surface area (Å²) in [5.41, 5.74) is -0.930. The molecule has 0 unspecified atom stereocenters. The maximum Gasteiger partial charge on any atom is 0.416 e. The minimum Gasteiger partial charge on any atom is -0.477 e. The standard InChI is InChI=1S/C14H8F3NO3S/c15-14(16,17)9-4-2-1-3-7(9)5-8-11(19)18-10(13(20)21)6-22-12(8)18/h1-6,12H,(H,20,21)/b8-5-/t12-/m1/s1. The van der Waals surface area contributed by atoms with Crippen molar-refractivity contribution in [2.45, 2.75) is 11.6 Å². The lowest BCUT2D eigenvalue weighted by Crippen LogP contribution is -2.51. The highest BCUT2D eigenvalue weighted by Crippen LogP contribution is 2.45. The van der Waals surface area contributed by atoms with Gasteiger partial charge in [-0.05, 0) is 17.7 Å². The minimum absolute atomic E-state index is 0.109. The topological polar surface area (TPSA) is 57.6 Å². The number of benzene rings is 1. The molecule has 2 heterocycles. The zero-order chi connectivity index (χ0) is 16.1. The van der Waals surface area contributed by atoms with Crippen LogP contribution >= 0.6 is 11.8 Å². The van der Waals surface area contributed by atoms with Gasteiger partial charge in [-0.2, -0.15) is 13.2 Å². The van der Waals surface area contributed by atoms with Crippen LogP contribution in [0.5, 0.6) is 0 Å². The van der Waals surface area contributed by atoms with E-state index in [0.717, 1.165) is 22.7 Å². The first-order valence-electron chi connectivity index (χ1n) is 6.11. The van der Waals surface area contributed by atoms with Crippen LogP contribution in [0.1, 0.15) is 11.1 Å². The van der Waals surface area contributed by atoms with E-state index >= 15 is 0 Å². The van der Waals surface area contributed by atoms with Gasteiger partial charge in [-0.15, -0.1) is 11.8 Å². The van der Waals surface area contributed by atoms with Crippen LogP contribution in [-0.4, -0.2) is 27.3 Å². The lowest BCUT2D eigenvalue weighted by atomic mass is 9.98. The molecule has 1 fully saturated rings. The Morgan fingerprint density at radius 2 is 2.00 bits per heavy atom. The molecule has 0 bridgehead atoms. The Labute approximate surface area is 126 Å². The van der Waals surface area contributed by atoms with Crippen LogP contribution in [0.25, 0.3) is 6.08 Å². The van der Waals surface area contributed by atoms with E-state index in [1.165, 1.54) is 29.7 Å². The van der Waals surface area contributed by atoms with Crippen LogP contribution < -0.4 is 0 Å². The molecular formula is C14H8F3NO3S. The number of hydrogen-bond donors (Lipinski definition) is 1. The van der Waals surface area contributed by atoms with Gasteiger partial charge in [-0.25, -0.2) is 4.79 Å². The summed E-state index contributed by atoms with van der Waals surface area (Å²) in [5.74, 6) is -1.82. The average Bonchev–Trinajstić information content (AvgIpc) is 2.84. The second-order valence-electron chi connectivity index (χ2n) is 4.66. The van der Waals surface area contributed by atoms with E-state index in [0.29, 0.717) is 0 Å². The molecule has 114 valence electrons. The highest BCUT2D eigenvalue weighted by molar-refractivity contribution is 8.03. The molecule has 1 saturated heterocycles. The minimum atomic E-state index is -4.52. The van der Waals surface area contributed by atoms with E-state index in [1.807, 2.05) is 0 Å². The van der Waals surface area contributed by atoms with Crippen molar-refractivity contribution in [3.8, 4) is 0 Å². The molecule has 2 aliphatic rings. The van der Waals surface area contributed by atoms with Gasteiger partial charge in [-0.1, -0.05) is 18.2 Å². The zero-order valence-corrected chi connectivity index (χ0v) is 11.6. The molecule has 8 heteroatoms. The van der Waals surface area contributed by atoms with Crippen LogP contribution in [0.15, 0.2) is 40.9 Å². The second kappa shape index (κ2) is 4.91. The first kappa shape index (κ1) is 14.7. The summed E-state index contributed by atoms with van der Waals surface area (Å²) < 4.78 is 38.8. The molecule has 4 nitrogen and oxygen atoms in total. The van der Waals surface area contributed by atoms with Crippen molar-refractivity contribution in [3.63, 3.8) is 0 Å². The number of alkyl halides is 3. The number of thioether (sulfide) groups is 1. The Kier molecular flexibility index (Phi) is 3.28. The molecule has 0 aromatic heterocycles. The van der Waals surface area contributed by atoms with E-state index < -0.39 is 29.0 Å². The van der Waals surface area contributed by atoms with Crippen molar-refractivity contribution in [2.75, 3.05) is 0 Å². The average molecular weight is 327 g/mol. The highest BCUT2D eigenvalue weighted by Gasteiger charge is 2.49. The molecule has 0 aliphatic carbocycles. The Hall–Kier alpha value is -2.22. The Balaban J connectivity index is 1.94. The molecule has 1 atom stereocenters. The van der Waals surface area contributed by atoms with Gasteiger partial charge in [0.2, 0.25) is 0 Å². The quantitative estimate of drug-likeness (QED) is 0.670. The molecule has 2 aliphatic heterocycles. The Bertz CT molecular complexity index is 739. The van der Waals surface area contributed by atoms with Gasteiger partial charge in [-0.3, -0.25) is 9.69 Å². The van der Waals surface area contributed by atoms with Gasteiger partial charge in [0.1, 0.15) is 11.1 Å². The highest BCUT2D eigenvalue weighted by atomic mass is 32.2. The summed E-state index contributed by atoms with van der Waals surface area (Å²) in [4.78, 5) is 24.0. The maximum atomic E-state index is 12.9. The fourth-order valence-corrected chi connectivity index (χ4v) is 3.43. The van der Waals surface area contributed by atoms with Gasteiger partial charge >= 0.3 is 12.1 Å². The van der Waals surface area contributed by atoms with Crippen LogP contribution in [0.3, 0.4) is 0 Å². The maximum absolute atomic E-state index is 12.9. The summed E-state index contributed by atoms with van der Waals surface area (Å²) in [6.45, 7) is 0. The van der Waals surface area contributed by atoms with Crippen molar-refractivity contribution in [1.29, 1.82) is 0 Å². The summed E-state index contributed by atoms with van der Waals surface area (Å²) in [6, 6.07) is 4.94. The van der Waals surface area contributed by atoms with Gasteiger partial charge in [0.05, 0.1) is 11.1 Å². The third kappa shape index (κ3) is 2.19. The third-order valence-corrected chi connectivity index (χ3v) is 4.41. The smallest absolute Gasteiger partial charge is 0.416 e. The van der Waals surface area contributed by atoms with Crippen LogP contribution in [-0.2, 0) is 15.8 Å². The SMILES string of the molecule is O=C(O)C1=CS[C@@H]2/C(=C\c3ccccc3C(F)(F)F)C(=O)N12. The number of halogens is 3. The summed E-state index contributed by atoms with van der Waals surface area (Å²) >= 11 is 1.09. The number of β-lactam (4-membered cyclic amide) rings is 1. The first-order chi connectivity index (χ1) is 10.3. The molecule has 22 heavy (non-hydrogen) atoms. The van der Waals surface area contributed by atoms with E-state index in [1.54, 1.807) is 0 Å². The lowest BCUT2D eigenvalue weighted by molar-refractivity contribution is -0.141. The van der Waals surface area contributed by atoms with E-state index in [-0.39, 0.29) is 16.8 Å². The van der Waals surface area contributed by atoms with Gasteiger partial charge in [0.25, 0.3) is 5.91 Å². The number of nitrogens with zero attached hydrogens (tertiary/aromatic N) is 1. The second-order valence-corrected chi connectivity index (χ2v) is 5.61. The van der Waals surface area contributed by atoms with Crippen molar-refractivity contribution in [3.05, 3.63) is 52.1 Å².